The quantitative estimate of drug-likeness (QED) is 0.637. The number of rotatable bonds is 2. The van der Waals surface area contributed by atoms with Crippen LogP contribution in [0.1, 0.15) is 40.0 Å². The van der Waals surface area contributed by atoms with E-state index in [2.05, 4.69) is 26.3 Å². The van der Waals surface area contributed by atoms with Gasteiger partial charge >= 0.3 is 0 Å². The van der Waals surface area contributed by atoms with Gasteiger partial charge in [-0.15, -0.1) is 0 Å². The van der Waals surface area contributed by atoms with Crippen molar-refractivity contribution in [3.05, 3.63) is 0 Å². The van der Waals surface area contributed by atoms with Crippen LogP contribution in [0.3, 0.4) is 0 Å². The standard InChI is InChI=1S/C8H17NO/c1-4-5-8(3)6-7(2)9-10-8/h7,9H,4-6H2,1-3H3. The zero-order valence-electron chi connectivity index (χ0n) is 7.11. The summed E-state index contributed by atoms with van der Waals surface area (Å²) in [5.74, 6) is 0. The minimum Gasteiger partial charge on any atom is -0.295 e. The van der Waals surface area contributed by atoms with Crippen molar-refractivity contribution in [1.82, 2.24) is 5.48 Å². The third-order valence-electron chi connectivity index (χ3n) is 2.02. The predicted molar refractivity (Wildman–Crippen MR) is 41.6 cm³/mol. The summed E-state index contributed by atoms with van der Waals surface area (Å²) < 4.78 is 0. The Kier molecular flexibility index (Phi) is 2.32. The molecule has 1 heterocycles. The van der Waals surface area contributed by atoms with E-state index in [4.69, 9.17) is 4.84 Å². The molecule has 2 unspecified atom stereocenters. The van der Waals surface area contributed by atoms with Gasteiger partial charge in [-0.25, -0.2) is 0 Å². The van der Waals surface area contributed by atoms with Crippen molar-refractivity contribution < 1.29 is 4.84 Å². The smallest absolute Gasteiger partial charge is 0.0884 e. The lowest BCUT2D eigenvalue weighted by Crippen LogP contribution is -2.24. The largest absolute Gasteiger partial charge is 0.295 e. The molecule has 0 aromatic rings. The molecule has 0 saturated carbocycles. The first-order valence-electron chi connectivity index (χ1n) is 4.10. The minimum absolute atomic E-state index is 0.105. The fraction of sp³-hybridized carbons (Fsp3) is 1.00. The Hall–Kier alpha value is -0.0800. The van der Waals surface area contributed by atoms with Crippen LogP contribution in [0.4, 0.5) is 0 Å². The molecule has 1 aliphatic heterocycles. The van der Waals surface area contributed by atoms with Crippen molar-refractivity contribution in [2.24, 2.45) is 0 Å². The molecular formula is C8H17NO. The monoisotopic (exact) mass is 143 g/mol. The molecular weight excluding hydrogens is 126 g/mol. The summed E-state index contributed by atoms with van der Waals surface area (Å²) in [4.78, 5) is 5.44. The summed E-state index contributed by atoms with van der Waals surface area (Å²) in [6, 6.07) is 0.525. The van der Waals surface area contributed by atoms with Crippen molar-refractivity contribution in [2.45, 2.75) is 51.7 Å². The highest BCUT2D eigenvalue weighted by Crippen LogP contribution is 2.27. The Bertz CT molecular complexity index is 112. The van der Waals surface area contributed by atoms with Crippen molar-refractivity contribution in [3.63, 3.8) is 0 Å². The normalized spacial score (nSPS) is 40.5. The summed E-state index contributed by atoms with van der Waals surface area (Å²) in [7, 11) is 0. The van der Waals surface area contributed by atoms with Gasteiger partial charge in [-0.3, -0.25) is 4.84 Å². The van der Waals surface area contributed by atoms with Crippen LogP contribution in [0.5, 0.6) is 0 Å². The molecule has 1 rings (SSSR count). The lowest BCUT2D eigenvalue weighted by atomic mass is 9.95. The number of nitrogens with one attached hydrogen (secondary N) is 1. The fourth-order valence-corrected chi connectivity index (χ4v) is 1.66. The summed E-state index contributed by atoms with van der Waals surface area (Å²) in [5, 5.41) is 0. The van der Waals surface area contributed by atoms with E-state index < -0.39 is 0 Å². The maximum absolute atomic E-state index is 5.44. The second-order valence-corrected chi connectivity index (χ2v) is 3.52. The van der Waals surface area contributed by atoms with Crippen molar-refractivity contribution in [2.75, 3.05) is 0 Å². The van der Waals surface area contributed by atoms with Gasteiger partial charge in [0, 0.05) is 6.04 Å². The molecule has 0 aromatic carbocycles. The molecule has 0 radical (unpaired) electrons. The molecule has 1 fully saturated rings. The molecule has 1 aliphatic rings. The summed E-state index contributed by atoms with van der Waals surface area (Å²) >= 11 is 0. The van der Waals surface area contributed by atoms with Gasteiger partial charge in [0.15, 0.2) is 0 Å². The van der Waals surface area contributed by atoms with E-state index in [1.807, 2.05) is 0 Å². The van der Waals surface area contributed by atoms with E-state index in [0.29, 0.717) is 6.04 Å². The van der Waals surface area contributed by atoms with Crippen LogP contribution in [0.25, 0.3) is 0 Å². The summed E-state index contributed by atoms with van der Waals surface area (Å²) in [6.07, 6.45) is 3.50. The number of hydrogen-bond donors (Lipinski definition) is 1. The van der Waals surface area contributed by atoms with E-state index >= 15 is 0 Å². The van der Waals surface area contributed by atoms with E-state index in [-0.39, 0.29) is 5.60 Å². The van der Waals surface area contributed by atoms with Crippen LogP contribution in [0.15, 0.2) is 0 Å². The predicted octanol–water partition coefficient (Wildman–Crippen LogP) is 1.86. The van der Waals surface area contributed by atoms with Crippen LogP contribution < -0.4 is 5.48 Å². The molecule has 0 aromatic heterocycles. The molecule has 2 heteroatoms. The van der Waals surface area contributed by atoms with Gasteiger partial charge in [-0.05, 0) is 26.7 Å². The number of hydroxylamine groups is 1. The van der Waals surface area contributed by atoms with Gasteiger partial charge in [0.2, 0.25) is 0 Å². The van der Waals surface area contributed by atoms with Crippen molar-refractivity contribution >= 4 is 0 Å². The van der Waals surface area contributed by atoms with Crippen molar-refractivity contribution in [3.8, 4) is 0 Å². The lowest BCUT2D eigenvalue weighted by Gasteiger charge is -2.19. The average molecular weight is 143 g/mol. The van der Waals surface area contributed by atoms with Crippen LogP contribution in [0.2, 0.25) is 0 Å². The Morgan fingerprint density at radius 1 is 1.70 bits per heavy atom. The fourth-order valence-electron chi connectivity index (χ4n) is 1.66. The Morgan fingerprint density at radius 2 is 2.40 bits per heavy atom. The highest BCUT2D eigenvalue weighted by atomic mass is 16.7. The number of hydrogen-bond acceptors (Lipinski definition) is 2. The SMILES string of the molecule is CCCC1(C)CC(C)NO1. The zero-order valence-corrected chi connectivity index (χ0v) is 7.11. The topological polar surface area (TPSA) is 21.3 Å². The molecule has 0 spiro atoms. The molecule has 2 atom stereocenters. The van der Waals surface area contributed by atoms with E-state index in [1.54, 1.807) is 0 Å². The molecule has 10 heavy (non-hydrogen) atoms. The maximum atomic E-state index is 5.44. The third-order valence-corrected chi connectivity index (χ3v) is 2.02. The first kappa shape index (κ1) is 8.02. The van der Waals surface area contributed by atoms with Gasteiger partial charge < -0.3 is 0 Å². The van der Waals surface area contributed by atoms with Crippen LogP contribution in [-0.4, -0.2) is 11.6 Å². The van der Waals surface area contributed by atoms with Gasteiger partial charge in [0.1, 0.15) is 0 Å². The van der Waals surface area contributed by atoms with Gasteiger partial charge in [-0.2, -0.15) is 5.48 Å². The van der Waals surface area contributed by atoms with Crippen molar-refractivity contribution in [1.29, 1.82) is 0 Å². The molecule has 0 amide bonds. The highest BCUT2D eigenvalue weighted by molar-refractivity contribution is 4.82. The van der Waals surface area contributed by atoms with Crippen LogP contribution in [0, 0.1) is 0 Å². The Morgan fingerprint density at radius 3 is 2.80 bits per heavy atom. The molecule has 0 bridgehead atoms. The van der Waals surface area contributed by atoms with Gasteiger partial charge in [0.25, 0.3) is 0 Å². The first-order valence-corrected chi connectivity index (χ1v) is 4.10. The van der Waals surface area contributed by atoms with Gasteiger partial charge in [0.05, 0.1) is 5.60 Å². The third kappa shape index (κ3) is 1.70. The Labute approximate surface area is 62.9 Å². The lowest BCUT2D eigenvalue weighted by molar-refractivity contribution is -0.0482. The summed E-state index contributed by atoms with van der Waals surface area (Å²) in [5.41, 5.74) is 3.10. The van der Waals surface area contributed by atoms with E-state index in [9.17, 15) is 0 Å². The maximum Gasteiger partial charge on any atom is 0.0884 e. The second kappa shape index (κ2) is 2.89. The molecule has 2 nitrogen and oxygen atoms in total. The summed E-state index contributed by atoms with van der Waals surface area (Å²) in [6.45, 7) is 6.52. The Balaban J connectivity index is 2.38. The first-order chi connectivity index (χ1) is 4.66. The highest BCUT2D eigenvalue weighted by Gasteiger charge is 2.33. The van der Waals surface area contributed by atoms with Crippen LogP contribution in [-0.2, 0) is 4.84 Å². The average Bonchev–Trinajstić information content (AvgIpc) is 2.12. The van der Waals surface area contributed by atoms with E-state index in [1.165, 1.54) is 6.42 Å². The molecule has 1 N–H and O–H groups in total. The zero-order chi connectivity index (χ0) is 7.61. The van der Waals surface area contributed by atoms with E-state index in [0.717, 1.165) is 12.8 Å². The molecule has 0 aliphatic carbocycles. The van der Waals surface area contributed by atoms with Gasteiger partial charge in [-0.1, -0.05) is 13.3 Å². The van der Waals surface area contributed by atoms with Crippen LogP contribution >= 0.6 is 0 Å². The second-order valence-electron chi connectivity index (χ2n) is 3.52. The minimum atomic E-state index is 0.105. The molecule has 60 valence electrons. The molecule has 1 saturated heterocycles.